The van der Waals surface area contributed by atoms with Gasteiger partial charge in [-0.3, -0.25) is 4.79 Å². The SMILES string of the molecule is O=CC(F)(F)F.O=S(=O)(Cc1ccccc1)NC[C@H]1CCCN1c1ccc(C(F)(F)F)cc1. The van der Waals surface area contributed by atoms with Crippen LogP contribution in [0, 0.1) is 0 Å². The molecule has 182 valence electrons. The standard InChI is InChI=1S/C19H21F3N2O2S.C2HF3O/c20-19(21,22)16-8-10-17(11-9-16)24-12-4-7-18(24)13-23-27(25,26)14-15-5-2-1-3-6-15;3-2(4,5)1-6/h1-3,5-6,8-11,18,23H,4,7,12-14H2;1H/t18-;/m1./s1. The van der Waals surface area contributed by atoms with Gasteiger partial charge in [-0.15, -0.1) is 0 Å². The van der Waals surface area contributed by atoms with Gasteiger partial charge in [-0.05, 0) is 42.7 Å². The Morgan fingerprint density at radius 3 is 2.06 bits per heavy atom. The van der Waals surface area contributed by atoms with Crippen LogP contribution in [0.15, 0.2) is 54.6 Å². The number of sulfonamides is 1. The maximum absolute atomic E-state index is 12.7. The zero-order valence-corrected chi connectivity index (χ0v) is 18.1. The van der Waals surface area contributed by atoms with E-state index in [4.69, 9.17) is 4.79 Å². The van der Waals surface area contributed by atoms with Gasteiger partial charge in [0.1, 0.15) is 0 Å². The van der Waals surface area contributed by atoms with E-state index in [9.17, 15) is 34.8 Å². The summed E-state index contributed by atoms with van der Waals surface area (Å²) in [5.41, 5.74) is 0.689. The first-order valence-corrected chi connectivity index (χ1v) is 11.4. The van der Waals surface area contributed by atoms with Crippen LogP contribution in [0.2, 0.25) is 0 Å². The molecule has 1 N–H and O–H groups in total. The number of aldehydes is 1. The highest BCUT2D eigenvalue weighted by Crippen LogP contribution is 2.32. The monoisotopic (exact) mass is 496 g/mol. The van der Waals surface area contributed by atoms with Crippen molar-refractivity contribution >= 4 is 22.0 Å². The predicted molar refractivity (Wildman–Crippen MR) is 111 cm³/mol. The van der Waals surface area contributed by atoms with Gasteiger partial charge in [0.05, 0.1) is 11.3 Å². The molecule has 1 aliphatic rings. The van der Waals surface area contributed by atoms with Crippen LogP contribution in [0.5, 0.6) is 0 Å². The third-order valence-corrected chi connectivity index (χ3v) is 6.10. The van der Waals surface area contributed by atoms with Gasteiger partial charge in [0.15, 0.2) is 0 Å². The number of hydrogen-bond acceptors (Lipinski definition) is 4. The molecule has 1 saturated heterocycles. The van der Waals surface area contributed by atoms with Crippen LogP contribution >= 0.6 is 0 Å². The lowest BCUT2D eigenvalue weighted by Gasteiger charge is -2.27. The summed E-state index contributed by atoms with van der Waals surface area (Å²) in [5.74, 6) is -0.0964. The molecule has 2 aromatic rings. The van der Waals surface area contributed by atoms with E-state index in [2.05, 4.69) is 4.72 Å². The van der Waals surface area contributed by atoms with Gasteiger partial charge < -0.3 is 4.90 Å². The average Bonchev–Trinajstić information content (AvgIpc) is 3.21. The maximum atomic E-state index is 12.7. The molecule has 0 aliphatic carbocycles. The summed E-state index contributed by atoms with van der Waals surface area (Å²) in [7, 11) is -3.48. The summed E-state index contributed by atoms with van der Waals surface area (Å²) in [6.07, 6.45) is -8.41. The van der Waals surface area contributed by atoms with Crippen molar-refractivity contribution in [3.05, 3.63) is 65.7 Å². The minimum Gasteiger partial charge on any atom is -0.367 e. The summed E-state index contributed by atoms with van der Waals surface area (Å²) in [4.78, 5) is 10.7. The van der Waals surface area contributed by atoms with Crippen molar-refractivity contribution in [2.75, 3.05) is 18.0 Å². The lowest BCUT2D eigenvalue weighted by Crippen LogP contribution is -2.40. The van der Waals surface area contributed by atoms with E-state index in [-0.39, 0.29) is 18.3 Å². The number of anilines is 1. The van der Waals surface area contributed by atoms with Crippen LogP contribution in [-0.4, -0.2) is 40.0 Å². The van der Waals surface area contributed by atoms with Crippen LogP contribution in [0.25, 0.3) is 0 Å². The number of hydrogen-bond donors (Lipinski definition) is 1. The lowest BCUT2D eigenvalue weighted by atomic mass is 10.1. The van der Waals surface area contributed by atoms with Gasteiger partial charge in [-0.25, -0.2) is 13.1 Å². The fraction of sp³-hybridized carbons (Fsp3) is 0.381. The highest BCUT2D eigenvalue weighted by molar-refractivity contribution is 7.88. The van der Waals surface area contributed by atoms with Crippen LogP contribution in [0.1, 0.15) is 24.0 Å². The molecule has 1 aliphatic heterocycles. The van der Waals surface area contributed by atoms with Gasteiger partial charge in [0.2, 0.25) is 16.3 Å². The molecular formula is C21H22F6N2O3S. The number of alkyl halides is 6. The van der Waals surface area contributed by atoms with Crippen LogP contribution in [-0.2, 0) is 26.7 Å². The van der Waals surface area contributed by atoms with E-state index in [1.807, 2.05) is 11.0 Å². The second kappa shape index (κ2) is 11.0. The Hall–Kier alpha value is -2.60. The molecule has 0 saturated carbocycles. The van der Waals surface area contributed by atoms with E-state index in [0.717, 1.165) is 25.0 Å². The van der Waals surface area contributed by atoms with E-state index in [0.29, 0.717) is 17.8 Å². The minimum atomic E-state index is -4.64. The van der Waals surface area contributed by atoms with Crippen molar-refractivity contribution in [1.82, 2.24) is 4.72 Å². The zero-order valence-electron chi connectivity index (χ0n) is 17.2. The summed E-state index contributed by atoms with van der Waals surface area (Å²) in [5, 5.41) is 0. The molecule has 0 aromatic heterocycles. The number of nitrogens with one attached hydrogen (secondary N) is 1. The second-order valence-electron chi connectivity index (χ2n) is 7.29. The van der Waals surface area contributed by atoms with Crippen LogP contribution < -0.4 is 9.62 Å². The molecule has 0 bridgehead atoms. The molecule has 12 heteroatoms. The molecule has 33 heavy (non-hydrogen) atoms. The third kappa shape index (κ3) is 9.04. The number of carbonyl (C=O) groups is 1. The Morgan fingerprint density at radius 2 is 1.55 bits per heavy atom. The fourth-order valence-electron chi connectivity index (χ4n) is 3.30. The van der Waals surface area contributed by atoms with Crippen molar-refractivity contribution in [3.8, 4) is 0 Å². The molecule has 0 spiro atoms. The zero-order chi connectivity index (χ0) is 24.7. The summed E-state index contributed by atoms with van der Waals surface area (Å²) >= 11 is 0. The van der Waals surface area contributed by atoms with Crippen molar-refractivity contribution in [3.63, 3.8) is 0 Å². The molecule has 0 radical (unpaired) electrons. The first kappa shape index (κ1) is 26.7. The Labute approximate surface area is 187 Å². The summed E-state index contributed by atoms with van der Waals surface area (Å²) in [6, 6.07) is 13.8. The summed E-state index contributed by atoms with van der Waals surface area (Å²) < 4.78 is 96.6. The Kier molecular flexibility index (Phi) is 8.89. The highest BCUT2D eigenvalue weighted by atomic mass is 32.2. The third-order valence-electron chi connectivity index (χ3n) is 4.78. The maximum Gasteiger partial charge on any atom is 0.446 e. The smallest absolute Gasteiger partial charge is 0.367 e. The normalized spacial score (nSPS) is 16.8. The number of rotatable bonds is 6. The fourth-order valence-corrected chi connectivity index (χ4v) is 4.48. The number of nitrogens with zero attached hydrogens (tertiary/aromatic N) is 1. The summed E-state index contributed by atoms with van der Waals surface area (Å²) in [6.45, 7) is 0.923. The van der Waals surface area contributed by atoms with E-state index in [1.54, 1.807) is 24.3 Å². The number of benzene rings is 2. The van der Waals surface area contributed by atoms with Gasteiger partial charge in [-0.2, -0.15) is 26.3 Å². The molecule has 1 heterocycles. The number of halogens is 6. The minimum absolute atomic E-state index is 0.0766. The van der Waals surface area contributed by atoms with E-state index >= 15 is 0 Å². The molecule has 5 nitrogen and oxygen atoms in total. The highest BCUT2D eigenvalue weighted by Gasteiger charge is 2.31. The van der Waals surface area contributed by atoms with E-state index < -0.39 is 34.2 Å². The van der Waals surface area contributed by atoms with Gasteiger partial charge in [-0.1, -0.05) is 30.3 Å². The molecule has 3 rings (SSSR count). The van der Waals surface area contributed by atoms with Crippen LogP contribution in [0.4, 0.5) is 32.0 Å². The molecule has 0 unspecified atom stereocenters. The molecule has 1 atom stereocenters. The lowest BCUT2D eigenvalue weighted by molar-refractivity contribution is -0.156. The quantitative estimate of drug-likeness (QED) is 0.471. The van der Waals surface area contributed by atoms with Crippen LogP contribution in [0.3, 0.4) is 0 Å². The first-order chi connectivity index (χ1) is 15.3. The molecule has 0 amide bonds. The van der Waals surface area contributed by atoms with Crippen molar-refractivity contribution in [2.45, 2.75) is 37.0 Å². The number of carbonyl (C=O) groups excluding carboxylic acids is 1. The molecule has 1 fully saturated rings. The predicted octanol–water partition coefficient (Wildman–Crippen LogP) is 4.54. The van der Waals surface area contributed by atoms with Gasteiger partial charge in [0.25, 0.3) is 0 Å². The second-order valence-corrected chi connectivity index (χ2v) is 9.09. The first-order valence-electron chi connectivity index (χ1n) is 9.79. The van der Waals surface area contributed by atoms with E-state index in [1.165, 1.54) is 12.1 Å². The van der Waals surface area contributed by atoms with Gasteiger partial charge in [0, 0.05) is 24.8 Å². The van der Waals surface area contributed by atoms with Crippen molar-refractivity contribution in [1.29, 1.82) is 0 Å². The Morgan fingerprint density at radius 1 is 0.970 bits per heavy atom. The van der Waals surface area contributed by atoms with Gasteiger partial charge >= 0.3 is 12.4 Å². The topological polar surface area (TPSA) is 66.5 Å². The van der Waals surface area contributed by atoms with Crippen molar-refractivity contribution < 1.29 is 39.6 Å². The van der Waals surface area contributed by atoms with Crippen molar-refractivity contribution in [2.24, 2.45) is 0 Å². The Bertz CT molecular complexity index is 993. The Balaban J connectivity index is 0.000000569. The molecular weight excluding hydrogens is 474 g/mol. The largest absolute Gasteiger partial charge is 0.446 e. The average molecular weight is 496 g/mol. The molecule has 2 aromatic carbocycles.